The minimum absolute atomic E-state index is 0.356. The summed E-state index contributed by atoms with van der Waals surface area (Å²) in [5.41, 5.74) is 4.54. The van der Waals surface area contributed by atoms with Crippen molar-refractivity contribution in [2.24, 2.45) is 5.73 Å². The molecular weight excluding hydrogens is 166 g/mol. The first kappa shape index (κ1) is 11.2. The van der Waals surface area contributed by atoms with Crippen molar-refractivity contribution in [3.8, 4) is 0 Å². The van der Waals surface area contributed by atoms with Crippen LogP contribution in [0.4, 0.5) is 4.79 Å². The van der Waals surface area contributed by atoms with E-state index in [1.54, 1.807) is 6.92 Å². The summed E-state index contributed by atoms with van der Waals surface area (Å²) in [6.45, 7) is 2.06. The zero-order valence-electron chi connectivity index (χ0n) is 4.86. The summed E-state index contributed by atoms with van der Waals surface area (Å²) in [6.07, 6.45) is -0.711. The van der Waals surface area contributed by atoms with Gasteiger partial charge >= 0.3 is 31.2 Å². The molecule has 0 aliphatic heterocycles. The second-order valence-electron chi connectivity index (χ2n) is 0.824. The fourth-order valence-electron chi connectivity index (χ4n) is 0.142. The molecule has 0 aromatic heterocycles. The molecule has 5 heteroatoms. The molecule has 0 spiro atoms. The van der Waals surface area contributed by atoms with Crippen molar-refractivity contribution in [2.75, 3.05) is 6.61 Å². The molecule has 0 aromatic carbocycles. The van der Waals surface area contributed by atoms with Crippen LogP contribution in [-0.4, -0.2) is 17.5 Å². The Morgan fingerprint density at radius 2 is 2.22 bits per heavy atom. The number of ether oxygens (including phenoxy) is 1. The van der Waals surface area contributed by atoms with E-state index < -0.39 is 6.09 Å². The Morgan fingerprint density at radius 1 is 1.89 bits per heavy atom. The molecule has 0 bridgehead atoms. The Labute approximate surface area is 60.7 Å². The number of primary amides is 1. The van der Waals surface area contributed by atoms with Crippen LogP contribution in [0.2, 0.25) is 0 Å². The van der Waals surface area contributed by atoms with Gasteiger partial charge in [-0.25, -0.2) is 4.79 Å². The van der Waals surface area contributed by atoms with Crippen LogP contribution in [0.25, 0.3) is 0 Å². The first-order valence-corrected chi connectivity index (χ1v) is 2.63. The van der Waals surface area contributed by atoms with E-state index in [1.807, 2.05) is 0 Å². The third kappa shape index (κ3) is 37.8. The molecule has 0 fully saturated rings. The van der Waals surface area contributed by atoms with Crippen molar-refractivity contribution < 1.29 is 29.9 Å². The van der Waals surface area contributed by atoms with E-state index in [4.69, 9.17) is 4.79 Å². The van der Waals surface area contributed by atoms with Crippen molar-refractivity contribution in [3.63, 3.8) is 0 Å². The topological polar surface area (TPSA) is 69.4 Å². The number of hydrogen-bond donors (Lipinski definition) is 1. The average Bonchev–Trinajstić information content (AvgIpc) is 1.67. The Bertz CT molecular complexity index is 108. The average molecular weight is 173 g/mol. The standard InChI is InChI=1S/C3H7NO2.CO.Fe/c1-2-6-3(4)5;1-2;/h2H2,1H3,(H2,4,5);;. The Morgan fingerprint density at radius 3 is 2.22 bits per heavy atom. The van der Waals surface area contributed by atoms with E-state index in [0.29, 0.717) is 6.61 Å². The number of nitrogens with two attached hydrogens (primary N) is 1. The van der Waals surface area contributed by atoms with Crippen molar-refractivity contribution >= 4 is 10.9 Å². The molecule has 0 unspecified atom stereocenters. The van der Waals surface area contributed by atoms with E-state index >= 15 is 0 Å². The fourth-order valence-corrected chi connectivity index (χ4v) is 0.142. The summed E-state index contributed by atoms with van der Waals surface area (Å²) in [7, 11) is 0. The zero-order chi connectivity index (χ0) is 7.70. The second-order valence-corrected chi connectivity index (χ2v) is 1.05. The number of hydrogen-bond acceptors (Lipinski definition) is 3. The SMILES string of the molecule is CCOC(N)=O.O=[C]=[Fe]. The molecule has 0 radical (unpaired) electrons. The van der Waals surface area contributed by atoms with Crippen LogP contribution < -0.4 is 5.73 Å². The van der Waals surface area contributed by atoms with Gasteiger partial charge in [0.15, 0.2) is 0 Å². The summed E-state index contributed by atoms with van der Waals surface area (Å²) in [6, 6.07) is 0. The van der Waals surface area contributed by atoms with Crippen LogP contribution in [-0.2, 0) is 25.1 Å². The molecule has 4 nitrogen and oxygen atoms in total. The van der Waals surface area contributed by atoms with Gasteiger partial charge in [-0.05, 0) is 6.92 Å². The predicted molar refractivity (Wildman–Crippen MR) is 26.9 cm³/mol. The van der Waals surface area contributed by atoms with Gasteiger partial charge in [0.1, 0.15) is 0 Å². The van der Waals surface area contributed by atoms with Gasteiger partial charge in [0.05, 0.1) is 6.61 Å². The Hall–Kier alpha value is -0.631. The molecule has 0 rings (SSSR count). The van der Waals surface area contributed by atoms with Crippen molar-refractivity contribution in [1.82, 2.24) is 0 Å². The maximum atomic E-state index is 9.60. The van der Waals surface area contributed by atoms with Gasteiger partial charge in [0, 0.05) is 0 Å². The predicted octanol–water partition coefficient (Wildman–Crippen LogP) is -0.298. The van der Waals surface area contributed by atoms with Crippen molar-refractivity contribution in [2.45, 2.75) is 6.92 Å². The Balaban J connectivity index is 0. The van der Waals surface area contributed by atoms with Gasteiger partial charge in [-0.2, -0.15) is 0 Å². The summed E-state index contributed by atoms with van der Waals surface area (Å²) in [5, 5.41) is 0. The van der Waals surface area contributed by atoms with E-state index in [-0.39, 0.29) is 0 Å². The number of rotatable bonds is 1. The first-order chi connectivity index (χ1) is 4.18. The molecule has 0 saturated heterocycles. The molecule has 1 amide bonds. The quantitative estimate of drug-likeness (QED) is 0.553. The van der Waals surface area contributed by atoms with Crippen LogP contribution in [0, 0.1) is 0 Å². The normalized spacial score (nSPS) is 6.00. The van der Waals surface area contributed by atoms with Crippen LogP contribution in [0.15, 0.2) is 0 Å². The third-order valence-electron chi connectivity index (χ3n) is 0.287. The molecule has 54 valence electrons. The molecule has 0 atom stereocenters. The van der Waals surface area contributed by atoms with Crippen LogP contribution in [0.3, 0.4) is 0 Å². The summed E-state index contributed by atoms with van der Waals surface area (Å²) in [5.74, 6) is 0. The van der Waals surface area contributed by atoms with Crippen LogP contribution in [0.5, 0.6) is 0 Å². The number of carbonyl (C=O) groups excluding carboxylic acids is 2. The van der Waals surface area contributed by atoms with Crippen molar-refractivity contribution in [1.29, 1.82) is 0 Å². The second kappa shape index (κ2) is 10.4. The van der Waals surface area contributed by atoms with E-state index in [1.165, 1.54) is 4.79 Å². The van der Waals surface area contributed by atoms with Crippen LogP contribution in [0.1, 0.15) is 6.92 Å². The molecule has 0 heterocycles. The molecule has 0 saturated carbocycles. The maximum absolute atomic E-state index is 9.60. The van der Waals surface area contributed by atoms with Gasteiger partial charge in [0.2, 0.25) is 0 Å². The molecule has 2 N–H and O–H groups in total. The molecule has 0 aromatic rings. The van der Waals surface area contributed by atoms with Gasteiger partial charge in [0.25, 0.3) is 0 Å². The van der Waals surface area contributed by atoms with E-state index in [0.717, 1.165) is 0 Å². The van der Waals surface area contributed by atoms with E-state index in [9.17, 15) is 4.79 Å². The van der Waals surface area contributed by atoms with Gasteiger partial charge in [-0.15, -0.1) is 0 Å². The minimum atomic E-state index is -0.711. The molecule has 0 aliphatic carbocycles. The Kier molecular flexibility index (Phi) is 12.9. The number of amides is 1. The van der Waals surface area contributed by atoms with E-state index in [2.05, 4.69) is 26.0 Å². The van der Waals surface area contributed by atoms with Gasteiger partial charge in [-0.3, -0.25) is 0 Å². The monoisotopic (exact) mass is 173 g/mol. The molecular formula is C4H7FeNO3. The number of carbonyl (C=O) groups is 1. The van der Waals surface area contributed by atoms with Crippen LogP contribution >= 0.6 is 0 Å². The summed E-state index contributed by atoms with van der Waals surface area (Å²) >= 11 is 2.68. The summed E-state index contributed by atoms with van der Waals surface area (Å²) in [4.78, 5) is 19.4. The molecule has 9 heavy (non-hydrogen) atoms. The zero-order valence-corrected chi connectivity index (χ0v) is 5.97. The van der Waals surface area contributed by atoms with Crippen molar-refractivity contribution in [3.05, 3.63) is 0 Å². The fraction of sp³-hybridized carbons (Fsp3) is 0.500. The molecule has 0 aliphatic rings. The third-order valence-corrected chi connectivity index (χ3v) is 0.287. The summed E-state index contributed by atoms with van der Waals surface area (Å²) < 4.78 is 4.18. The van der Waals surface area contributed by atoms with Gasteiger partial charge in [-0.1, -0.05) is 0 Å². The van der Waals surface area contributed by atoms with Gasteiger partial charge < -0.3 is 10.5 Å². The first-order valence-electron chi connectivity index (χ1n) is 2.07.